The molecule has 0 aromatic carbocycles. The Kier molecular flexibility index (Phi) is 8.63. The molecule has 0 heterocycles. The molecule has 0 aromatic heterocycles. The Balaban J connectivity index is 2.23. The molecule has 0 aromatic rings. The number of hydrogen-bond donors (Lipinski definition) is 0. The van der Waals surface area contributed by atoms with E-state index < -0.39 is 12.1 Å². The highest BCUT2D eigenvalue weighted by atomic mass is 19.4. The maximum Gasteiger partial charge on any atom is 0.392 e. The van der Waals surface area contributed by atoms with Crippen molar-refractivity contribution in [1.82, 2.24) is 0 Å². The molecule has 3 heteroatoms. The van der Waals surface area contributed by atoms with Crippen molar-refractivity contribution < 1.29 is 13.2 Å². The van der Waals surface area contributed by atoms with E-state index in [0.29, 0.717) is 6.42 Å². The topological polar surface area (TPSA) is 0 Å². The predicted octanol–water partition coefficient (Wildman–Crippen LogP) is 6.89. The van der Waals surface area contributed by atoms with Crippen LogP contribution in [0.3, 0.4) is 0 Å². The summed E-state index contributed by atoms with van der Waals surface area (Å²) < 4.78 is 39.5. The summed E-state index contributed by atoms with van der Waals surface area (Å²) in [6, 6.07) is 0. The molecule has 0 amide bonds. The van der Waals surface area contributed by atoms with Gasteiger partial charge in [-0.25, -0.2) is 0 Å². The van der Waals surface area contributed by atoms with Gasteiger partial charge in [-0.15, -0.1) is 0 Å². The molecule has 0 saturated heterocycles. The summed E-state index contributed by atoms with van der Waals surface area (Å²) in [4.78, 5) is 0. The number of halogens is 3. The minimum absolute atomic E-state index is 0.0937. The molecule has 0 aliphatic heterocycles. The van der Waals surface area contributed by atoms with Crippen molar-refractivity contribution in [3.8, 4) is 0 Å². The quantitative estimate of drug-likeness (QED) is 0.406. The maximum absolute atomic E-state index is 13.2. The van der Waals surface area contributed by atoms with Crippen LogP contribution in [-0.2, 0) is 0 Å². The highest BCUT2D eigenvalue weighted by Gasteiger charge is 2.43. The van der Waals surface area contributed by atoms with Gasteiger partial charge in [0.25, 0.3) is 0 Å². The summed E-state index contributed by atoms with van der Waals surface area (Å²) in [6.45, 7) is 2.18. The molecule has 1 saturated carbocycles. The molecule has 1 aliphatic rings. The highest BCUT2D eigenvalue weighted by molar-refractivity contribution is 4.79. The molecule has 0 spiro atoms. The Hall–Kier alpha value is -0.210. The first-order chi connectivity index (χ1) is 9.55. The first-order valence-electron chi connectivity index (χ1n) is 8.62. The van der Waals surface area contributed by atoms with Gasteiger partial charge in [0.2, 0.25) is 0 Å². The predicted molar refractivity (Wildman–Crippen MR) is 78.7 cm³/mol. The zero-order valence-electron chi connectivity index (χ0n) is 13.0. The van der Waals surface area contributed by atoms with Crippen LogP contribution in [0.2, 0.25) is 0 Å². The van der Waals surface area contributed by atoms with E-state index in [1.165, 1.54) is 25.7 Å². The molecular formula is C17H31F3. The van der Waals surface area contributed by atoms with Gasteiger partial charge in [0.15, 0.2) is 0 Å². The van der Waals surface area contributed by atoms with E-state index in [4.69, 9.17) is 0 Å². The monoisotopic (exact) mass is 292 g/mol. The van der Waals surface area contributed by atoms with E-state index >= 15 is 0 Å². The molecule has 120 valence electrons. The van der Waals surface area contributed by atoms with Crippen LogP contribution >= 0.6 is 0 Å². The van der Waals surface area contributed by atoms with Gasteiger partial charge in [-0.1, -0.05) is 71.1 Å². The molecule has 0 nitrogen and oxygen atoms in total. The summed E-state index contributed by atoms with van der Waals surface area (Å²) in [7, 11) is 0. The van der Waals surface area contributed by atoms with E-state index in [9.17, 15) is 13.2 Å². The van der Waals surface area contributed by atoms with Gasteiger partial charge in [-0.3, -0.25) is 0 Å². The van der Waals surface area contributed by atoms with E-state index in [-0.39, 0.29) is 5.92 Å². The Morgan fingerprint density at radius 3 is 1.95 bits per heavy atom. The summed E-state index contributed by atoms with van der Waals surface area (Å²) in [6.07, 6.45) is 8.82. The Morgan fingerprint density at radius 2 is 1.40 bits per heavy atom. The third-order valence-electron chi connectivity index (χ3n) is 4.76. The summed E-state index contributed by atoms with van der Waals surface area (Å²) in [5.74, 6) is -1.12. The lowest BCUT2D eigenvalue weighted by molar-refractivity contribution is -0.194. The average Bonchev–Trinajstić information content (AvgIpc) is 2.41. The van der Waals surface area contributed by atoms with Crippen LogP contribution in [0.15, 0.2) is 0 Å². The Bertz CT molecular complexity index is 229. The van der Waals surface area contributed by atoms with Gasteiger partial charge in [-0.05, 0) is 25.2 Å². The van der Waals surface area contributed by atoms with E-state index in [2.05, 4.69) is 6.92 Å². The summed E-state index contributed by atoms with van der Waals surface area (Å²) >= 11 is 0. The van der Waals surface area contributed by atoms with Crippen molar-refractivity contribution in [1.29, 1.82) is 0 Å². The first-order valence-corrected chi connectivity index (χ1v) is 8.62. The molecule has 0 bridgehead atoms. The fourth-order valence-corrected chi connectivity index (χ4v) is 3.52. The number of hydrogen-bond acceptors (Lipinski definition) is 0. The smallest absolute Gasteiger partial charge is 0.171 e. The second-order valence-electron chi connectivity index (χ2n) is 6.46. The van der Waals surface area contributed by atoms with Crippen LogP contribution < -0.4 is 0 Å². The molecule has 1 aliphatic carbocycles. The lowest BCUT2D eigenvalue weighted by Gasteiger charge is -2.31. The molecule has 1 fully saturated rings. The fraction of sp³-hybridized carbons (Fsp3) is 1.00. The molecule has 0 N–H and O–H groups in total. The summed E-state index contributed by atoms with van der Waals surface area (Å²) in [5, 5.41) is 0. The molecule has 20 heavy (non-hydrogen) atoms. The number of rotatable bonds is 9. The number of alkyl halides is 3. The molecule has 1 unspecified atom stereocenters. The van der Waals surface area contributed by atoms with Gasteiger partial charge >= 0.3 is 6.18 Å². The second-order valence-corrected chi connectivity index (χ2v) is 6.46. The van der Waals surface area contributed by atoms with E-state index in [0.717, 1.165) is 51.4 Å². The maximum atomic E-state index is 13.2. The molecule has 1 atom stereocenters. The number of unbranched alkanes of at least 4 members (excludes halogenated alkanes) is 6. The van der Waals surface area contributed by atoms with Crippen LogP contribution in [-0.4, -0.2) is 6.18 Å². The van der Waals surface area contributed by atoms with E-state index in [1.807, 2.05) is 0 Å². The standard InChI is InChI=1S/C17H31F3/c1-2-3-4-5-6-7-11-14-16(17(18,19)20)15-12-9-8-10-13-15/h15-16H,2-14H2,1H3. The van der Waals surface area contributed by atoms with Gasteiger partial charge < -0.3 is 0 Å². The zero-order chi connectivity index (χ0) is 14.8. The van der Waals surface area contributed by atoms with Crippen LogP contribution in [0.25, 0.3) is 0 Å². The Labute approximate surface area is 122 Å². The van der Waals surface area contributed by atoms with Crippen molar-refractivity contribution in [3.05, 3.63) is 0 Å². The van der Waals surface area contributed by atoms with Crippen molar-refractivity contribution in [2.24, 2.45) is 11.8 Å². The van der Waals surface area contributed by atoms with Gasteiger partial charge in [0.1, 0.15) is 0 Å². The van der Waals surface area contributed by atoms with Gasteiger partial charge in [0.05, 0.1) is 5.92 Å². The average molecular weight is 292 g/mol. The van der Waals surface area contributed by atoms with Crippen molar-refractivity contribution >= 4 is 0 Å². The van der Waals surface area contributed by atoms with Crippen LogP contribution in [0.1, 0.15) is 90.4 Å². The van der Waals surface area contributed by atoms with E-state index in [1.54, 1.807) is 0 Å². The lowest BCUT2D eigenvalue weighted by atomic mass is 9.77. The zero-order valence-corrected chi connectivity index (χ0v) is 13.0. The third kappa shape index (κ3) is 6.99. The third-order valence-corrected chi connectivity index (χ3v) is 4.76. The molecule has 1 rings (SSSR count). The lowest BCUT2D eigenvalue weighted by Crippen LogP contribution is -2.31. The van der Waals surface area contributed by atoms with Crippen molar-refractivity contribution in [2.45, 2.75) is 96.6 Å². The van der Waals surface area contributed by atoms with Crippen molar-refractivity contribution in [3.63, 3.8) is 0 Å². The normalized spacial score (nSPS) is 19.2. The largest absolute Gasteiger partial charge is 0.392 e. The van der Waals surface area contributed by atoms with Gasteiger partial charge in [0, 0.05) is 0 Å². The van der Waals surface area contributed by atoms with Crippen LogP contribution in [0.4, 0.5) is 13.2 Å². The minimum atomic E-state index is -3.98. The first kappa shape index (κ1) is 17.8. The van der Waals surface area contributed by atoms with Crippen LogP contribution in [0, 0.1) is 11.8 Å². The van der Waals surface area contributed by atoms with Crippen LogP contribution in [0.5, 0.6) is 0 Å². The molecular weight excluding hydrogens is 261 g/mol. The highest BCUT2D eigenvalue weighted by Crippen LogP contribution is 2.42. The SMILES string of the molecule is CCCCCCCCCC(C1CCCCC1)C(F)(F)F. The summed E-state index contributed by atoms with van der Waals surface area (Å²) in [5.41, 5.74) is 0. The van der Waals surface area contributed by atoms with Crippen molar-refractivity contribution in [2.75, 3.05) is 0 Å². The second kappa shape index (κ2) is 9.68. The van der Waals surface area contributed by atoms with Gasteiger partial charge in [-0.2, -0.15) is 13.2 Å². The Morgan fingerprint density at radius 1 is 0.850 bits per heavy atom. The molecule has 0 radical (unpaired) electrons. The fourth-order valence-electron chi connectivity index (χ4n) is 3.52. The minimum Gasteiger partial charge on any atom is -0.171 e.